The van der Waals surface area contributed by atoms with E-state index >= 15 is 0 Å². The van der Waals surface area contributed by atoms with Crippen molar-refractivity contribution >= 4 is 35.6 Å². The first-order valence-corrected chi connectivity index (χ1v) is 10.3. The third-order valence-corrected chi connectivity index (χ3v) is 5.34. The molecule has 1 aliphatic rings. The van der Waals surface area contributed by atoms with Crippen molar-refractivity contribution in [2.24, 2.45) is 4.99 Å². The van der Waals surface area contributed by atoms with Gasteiger partial charge in [0.25, 0.3) is 0 Å². The highest BCUT2D eigenvalue weighted by Gasteiger charge is 2.21. The minimum absolute atomic E-state index is 0. The molecule has 1 saturated heterocycles. The number of piperazine rings is 1. The molecule has 1 aliphatic heterocycles. The zero-order valence-corrected chi connectivity index (χ0v) is 19.9. The first-order chi connectivity index (χ1) is 14.7. The summed E-state index contributed by atoms with van der Waals surface area (Å²) in [5.74, 6) is 0.725. The fourth-order valence-electron chi connectivity index (χ4n) is 3.73. The fraction of sp³-hybridized carbons (Fsp3) is 0.304. The summed E-state index contributed by atoms with van der Waals surface area (Å²) in [6, 6.07) is 17.1. The number of nitrogens with one attached hydrogen (secondary N) is 1. The highest BCUT2D eigenvalue weighted by atomic mass is 127. The van der Waals surface area contributed by atoms with E-state index in [0.29, 0.717) is 5.69 Å². The van der Waals surface area contributed by atoms with E-state index in [-0.39, 0.29) is 29.8 Å². The molecular weight excluding hydrogens is 506 g/mol. The van der Waals surface area contributed by atoms with Crippen molar-refractivity contribution < 1.29 is 4.39 Å². The van der Waals surface area contributed by atoms with Crippen molar-refractivity contribution in [2.45, 2.75) is 6.42 Å². The summed E-state index contributed by atoms with van der Waals surface area (Å²) in [6.45, 7) is 3.93. The van der Waals surface area contributed by atoms with Gasteiger partial charge in [-0.15, -0.1) is 24.0 Å². The molecule has 3 aromatic rings. The second-order valence-corrected chi connectivity index (χ2v) is 7.28. The molecule has 164 valence electrons. The zero-order chi connectivity index (χ0) is 20.8. The Hall–Kier alpha value is -2.62. The lowest BCUT2D eigenvalue weighted by Gasteiger charge is -2.37. The molecule has 1 N–H and O–H groups in total. The molecule has 8 heteroatoms. The fourth-order valence-corrected chi connectivity index (χ4v) is 3.73. The quantitative estimate of drug-likeness (QED) is 0.309. The van der Waals surface area contributed by atoms with Gasteiger partial charge in [-0.1, -0.05) is 30.3 Å². The van der Waals surface area contributed by atoms with E-state index < -0.39 is 0 Å². The van der Waals surface area contributed by atoms with E-state index in [0.717, 1.165) is 50.8 Å². The third kappa shape index (κ3) is 5.75. The number of halogens is 2. The topological polar surface area (TPSA) is 48.7 Å². The Balaban J connectivity index is 0.00000272. The molecule has 0 aliphatic carbocycles. The SMILES string of the molecule is CN=C(NCCc1cnn(-c2ccccc2)c1)N1CCN(c2ccccc2F)CC1.I. The van der Waals surface area contributed by atoms with Crippen LogP contribution in [0.25, 0.3) is 5.69 Å². The van der Waals surface area contributed by atoms with E-state index in [1.165, 1.54) is 11.6 Å². The Morgan fingerprint density at radius 3 is 2.45 bits per heavy atom. The van der Waals surface area contributed by atoms with Crippen LogP contribution in [-0.2, 0) is 6.42 Å². The molecule has 0 saturated carbocycles. The number of hydrogen-bond acceptors (Lipinski definition) is 3. The van der Waals surface area contributed by atoms with Gasteiger partial charge in [-0.3, -0.25) is 4.99 Å². The van der Waals surface area contributed by atoms with Gasteiger partial charge in [0.1, 0.15) is 5.82 Å². The predicted octanol–water partition coefficient (Wildman–Crippen LogP) is 3.57. The number of rotatable bonds is 5. The van der Waals surface area contributed by atoms with Gasteiger partial charge < -0.3 is 15.1 Å². The highest BCUT2D eigenvalue weighted by Crippen LogP contribution is 2.20. The molecule has 0 bridgehead atoms. The minimum Gasteiger partial charge on any atom is -0.366 e. The molecule has 2 aromatic carbocycles. The first kappa shape index (κ1) is 23.1. The summed E-state index contributed by atoms with van der Waals surface area (Å²) in [7, 11) is 1.80. The number of benzene rings is 2. The highest BCUT2D eigenvalue weighted by molar-refractivity contribution is 14.0. The first-order valence-electron chi connectivity index (χ1n) is 10.3. The largest absolute Gasteiger partial charge is 0.366 e. The molecule has 0 spiro atoms. The second kappa shape index (κ2) is 11.1. The maximum absolute atomic E-state index is 14.0. The van der Waals surface area contributed by atoms with Crippen molar-refractivity contribution in [3.63, 3.8) is 0 Å². The smallest absolute Gasteiger partial charge is 0.193 e. The number of aromatic nitrogens is 2. The summed E-state index contributed by atoms with van der Waals surface area (Å²) in [5, 5.41) is 7.90. The molecule has 31 heavy (non-hydrogen) atoms. The average Bonchev–Trinajstić information content (AvgIpc) is 3.27. The standard InChI is InChI=1S/C23H27FN6.HI/c1-25-23(29-15-13-28(14-16-29)22-10-6-5-9-21(22)24)26-12-11-19-17-27-30(18-19)20-7-3-2-4-8-20;/h2-10,17-18H,11-16H2,1H3,(H,25,26);1H. The second-order valence-electron chi connectivity index (χ2n) is 7.28. The summed E-state index contributed by atoms with van der Waals surface area (Å²) >= 11 is 0. The van der Waals surface area contributed by atoms with Gasteiger partial charge in [-0.05, 0) is 36.2 Å². The Morgan fingerprint density at radius 1 is 1.03 bits per heavy atom. The van der Waals surface area contributed by atoms with E-state index in [1.807, 2.05) is 53.3 Å². The monoisotopic (exact) mass is 534 g/mol. The van der Waals surface area contributed by atoms with Crippen molar-refractivity contribution in [1.82, 2.24) is 20.0 Å². The van der Waals surface area contributed by atoms with Gasteiger partial charge in [0, 0.05) is 46.0 Å². The van der Waals surface area contributed by atoms with E-state index in [4.69, 9.17) is 0 Å². The maximum Gasteiger partial charge on any atom is 0.193 e. The lowest BCUT2D eigenvalue weighted by Crippen LogP contribution is -2.53. The lowest BCUT2D eigenvalue weighted by molar-refractivity contribution is 0.371. The minimum atomic E-state index is -0.162. The molecule has 0 atom stereocenters. The Labute approximate surface area is 199 Å². The maximum atomic E-state index is 14.0. The van der Waals surface area contributed by atoms with Gasteiger partial charge in [-0.25, -0.2) is 9.07 Å². The predicted molar refractivity (Wildman–Crippen MR) is 134 cm³/mol. The van der Waals surface area contributed by atoms with Crippen LogP contribution in [0, 0.1) is 5.82 Å². The van der Waals surface area contributed by atoms with Gasteiger partial charge >= 0.3 is 0 Å². The molecule has 1 fully saturated rings. The summed E-state index contributed by atoms with van der Waals surface area (Å²) in [6.07, 6.45) is 4.83. The van der Waals surface area contributed by atoms with Crippen molar-refractivity contribution in [1.29, 1.82) is 0 Å². The van der Waals surface area contributed by atoms with Crippen LogP contribution in [0.2, 0.25) is 0 Å². The molecule has 4 rings (SSSR count). The van der Waals surface area contributed by atoms with Crippen molar-refractivity contribution in [2.75, 3.05) is 44.7 Å². The van der Waals surface area contributed by atoms with Crippen LogP contribution in [0.15, 0.2) is 72.0 Å². The Morgan fingerprint density at radius 2 is 1.74 bits per heavy atom. The molecule has 0 radical (unpaired) electrons. The van der Waals surface area contributed by atoms with Crippen LogP contribution in [-0.4, -0.2) is 60.4 Å². The van der Waals surface area contributed by atoms with Gasteiger partial charge in [0.2, 0.25) is 0 Å². The number of anilines is 1. The summed E-state index contributed by atoms with van der Waals surface area (Å²) in [4.78, 5) is 8.75. The van der Waals surface area contributed by atoms with Crippen LogP contribution < -0.4 is 10.2 Å². The molecule has 0 unspecified atom stereocenters. The van der Waals surface area contributed by atoms with E-state index in [1.54, 1.807) is 13.1 Å². The van der Waals surface area contributed by atoms with Crippen molar-refractivity contribution in [3.05, 3.63) is 78.4 Å². The molecule has 6 nitrogen and oxygen atoms in total. The zero-order valence-electron chi connectivity index (χ0n) is 17.6. The molecule has 1 aromatic heterocycles. The van der Waals surface area contributed by atoms with Crippen LogP contribution in [0.3, 0.4) is 0 Å². The van der Waals surface area contributed by atoms with Crippen LogP contribution in [0.1, 0.15) is 5.56 Å². The van der Waals surface area contributed by atoms with Crippen LogP contribution in [0.4, 0.5) is 10.1 Å². The number of nitrogens with zero attached hydrogens (tertiary/aromatic N) is 5. The number of guanidine groups is 1. The van der Waals surface area contributed by atoms with Crippen LogP contribution in [0.5, 0.6) is 0 Å². The summed E-state index contributed by atoms with van der Waals surface area (Å²) < 4.78 is 15.9. The summed E-state index contributed by atoms with van der Waals surface area (Å²) in [5.41, 5.74) is 2.90. The number of para-hydroxylation sites is 2. The van der Waals surface area contributed by atoms with E-state index in [9.17, 15) is 4.39 Å². The molecule has 2 heterocycles. The van der Waals surface area contributed by atoms with Gasteiger partial charge in [-0.2, -0.15) is 5.10 Å². The molecule has 0 amide bonds. The normalized spacial score (nSPS) is 14.3. The lowest BCUT2D eigenvalue weighted by atomic mass is 10.2. The molecular formula is C23H28FIN6. The Bertz CT molecular complexity index is 982. The average molecular weight is 534 g/mol. The van der Waals surface area contributed by atoms with Gasteiger partial charge in [0.15, 0.2) is 5.96 Å². The number of aliphatic imine (C=N–C) groups is 1. The number of hydrogen-bond donors (Lipinski definition) is 1. The van der Waals surface area contributed by atoms with Crippen molar-refractivity contribution in [3.8, 4) is 5.69 Å². The third-order valence-electron chi connectivity index (χ3n) is 5.34. The van der Waals surface area contributed by atoms with Crippen LogP contribution >= 0.6 is 24.0 Å². The Kier molecular flexibility index (Phi) is 8.27. The van der Waals surface area contributed by atoms with Gasteiger partial charge in [0.05, 0.1) is 17.6 Å². The van der Waals surface area contributed by atoms with E-state index in [2.05, 4.69) is 31.4 Å².